The van der Waals surface area contributed by atoms with Crippen molar-refractivity contribution in [2.24, 2.45) is 0 Å². The van der Waals surface area contributed by atoms with E-state index < -0.39 is 0 Å². The summed E-state index contributed by atoms with van der Waals surface area (Å²) in [6, 6.07) is 12.4. The predicted octanol–water partition coefficient (Wildman–Crippen LogP) is 5.26. The van der Waals surface area contributed by atoms with Gasteiger partial charge in [-0.05, 0) is 48.2 Å². The zero-order valence-corrected chi connectivity index (χ0v) is 19.9. The first kappa shape index (κ1) is 21.0. The number of fused-ring (bicyclic) bond motifs is 8. The molecule has 0 unspecified atom stereocenters. The third-order valence-electron chi connectivity index (χ3n) is 7.10. The van der Waals surface area contributed by atoms with Crippen molar-refractivity contribution in [3.8, 4) is 46.6 Å². The number of anilines is 2. The van der Waals surface area contributed by atoms with E-state index in [1.807, 2.05) is 38.1 Å². The summed E-state index contributed by atoms with van der Waals surface area (Å²) in [6.07, 6.45) is 0. The second kappa shape index (κ2) is 7.48. The normalized spacial score (nSPS) is 14.2. The van der Waals surface area contributed by atoms with E-state index in [0.717, 1.165) is 40.3 Å². The Morgan fingerprint density at radius 2 is 1.23 bits per heavy atom. The van der Waals surface area contributed by atoms with E-state index in [2.05, 4.69) is 21.9 Å². The summed E-state index contributed by atoms with van der Waals surface area (Å²) in [7, 11) is 3.28. The molecule has 3 heterocycles. The Labute approximate surface area is 203 Å². The average molecular weight is 466 g/mol. The molecule has 6 rings (SSSR count). The standard InChI is InChI=1S/C27H22N4O4/c1-14-15(2)19(10-29)27-26(18(14)9-28)34-24-6-17-12-30-13-31(21(17)8-25(24)35-27)11-16-5-22(32-3)23(33-4)7-20(16)30/h5-8H,11-13H2,1-4H3. The van der Waals surface area contributed by atoms with Gasteiger partial charge in [-0.1, -0.05) is 0 Å². The van der Waals surface area contributed by atoms with Crippen molar-refractivity contribution in [1.29, 1.82) is 10.5 Å². The van der Waals surface area contributed by atoms with Gasteiger partial charge in [0.15, 0.2) is 34.5 Å². The highest BCUT2D eigenvalue weighted by molar-refractivity contribution is 5.76. The SMILES string of the molecule is COc1cc2c(cc1OC)N1Cc3cc4c(cc3N(C2)C1)Oc1c(C#N)c(C)c(C)c(C#N)c1O4. The van der Waals surface area contributed by atoms with Gasteiger partial charge in [0.2, 0.25) is 0 Å². The lowest BCUT2D eigenvalue weighted by Crippen LogP contribution is -2.46. The maximum Gasteiger partial charge on any atom is 0.189 e. The zero-order chi connectivity index (χ0) is 24.4. The number of ether oxygens (including phenoxy) is 4. The number of nitriles is 2. The van der Waals surface area contributed by atoms with Crippen LogP contribution in [-0.4, -0.2) is 20.9 Å². The number of nitrogens with zero attached hydrogens (tertiary/aromatic N) is 4. The Bertz CT molecular complexity index is 1520. The van der Waals surface area contributed by atoms with Crippen LogP contribution in [-0.2, 0) is 13.1 Å². The average Bonchev–Trinajstić information content (AvgIpc) is 2.87. The zero-order valence-electron chi connectivity index (χ0n) is 19.9. The first-order valence-electron chi connectivity index (χ1n) is 11.2. The number of hydrogen-bond acceptors (Lipinski definition) is 8. The Morgan fingerprint density at radius 3 is 1.77 bits per heavy atom. The molecule has 174 valence electrons. The van der Waals surface area contributed by atoms with Crippen molar-refractivity contribution in [3.63, 3.8) is 0 Å². The second-order valence-electron chi connectivity index (χ2n) is 8.89. The minimum atomic E-state index is 0.304. The minimum absolute atomic E-state index is 0.304. The van der Waals surface area contributed by atoms with Crippen LogP contribution in [0.5, 0.6) is 34.5 Å². The first-order valence-corrected chi connectivity index (χ1v) is 11.2. The van der Waals surface area contributed by atoms with Crippen LogP contribution in [0.25, 0.3) is 0 Å². The molecule has 2 bridgehead atoms. The lowest BCUT2D eigenvalue weighted by atomic mass is 9.96. The van der Waals surface area contributed by atoms with Crippen LogP contribution in [0.2, 0.25) is 0 Å². The van der Waals surface area contributed by atoms with Crippen LogP contribution in [0.1, 0.15) is 33.4 Å². The molecule has 8 nitrogen and oxygen atoms in total. The maximum atomic E-state index is 9.79. The van der Waals surface area contributed by atoms with Gasteiger partial charge in [-0.2, -0.15) is 10.5 Å². The molecule has 0 atom stereocenters. The van der Waals surface area contributed by atoms with Gasteiger partial charge in [0, 0.05) is 36.6 Å². The van der Waals surface area contributed by atoms with Gasteiger partial charge in [0.05, 0.1) is 20.9 Å². The molecule has 35 heavy (non-hydrogen) atoms. The topological polar surface area (TPSA) is 91.0 Å². The summed E-state index contributed by atoms with van der Waals surface area (Å²) in [5.74, 6) is 3.08. The lowest BCUT2D eigenvalue weighted by Gasteiger charge is -2.45. The van der Waals surface area contributed by atoms with Crippen molar-refractivity contribution in [2.45, 2.75) is 26.9 Å². The van der Waals surface area contributed by atoms with Crippen molar-refractivity contribution in [1.82, 2.24) is 0 Å². The van der Waals surface area contributed by atoms with E-state index in [-0.39, 0.29) is 0 Å². The molecule has 0 aromatic heterocycles. The van der Waals surface area contributed by atoms with Gasteiger partial charge in [0.1, 0.15) is 23.3 Å². The van der Waals surface area contributed by atoms with Crippen molar-refractivity contribution >= 4 is 11.4 Å². The van der Waals surface area contributed by atoms with Gasteiger partial charge in [0.25, 0.3) is 0 Å². The quantitative estimate of drug-likeness (QED) is 0.395. The van der Waals surface area contributed by atoms with Crippen molar-refractivity contribution in [2.75, 3.05) is 30.7 Å². The molecule has 0 fully saturated rings. The van der Waals surface area contributed by atoms with Gasteiger partial charge in [-0.15, -0.1) is 0 Å². The lowest BCUT2D eigenvalue weighted by molar-refractivity contribution is 0.354. The number of hydrogen-bond donors (Lipinski definition) is 0. The molecular weight excluding hydrogens is 444 g/mol. The summed E-state index contributed by atoms with van der Waals surface area (Å²) in [4.78, 5) is 4.56. The van der Waals surface area contributed by atoms with Crippen molar-refractivity contribution in [3.05, 3.63) is 57.6 Å². The molecule has 3 aliphatic heterocycles. The largest absolute Gasteiger partial charge is 0.493 e. The van der Waals surface area contributed by atoms with Gasteiger partial charge in [-0.25, -0.2) is 0 Å². The highest BCUT2D eigenvalue weighted by Gasteiger charge is 2.35. The van der Waals surface area contributed by atoms with E-state index in [0.29, 0.717) is 58.7 Å². The van der Waals surface area contributed by atoms with Crippen molar-refractivity contribution < 1.29 is 18.9 Å². The Kier molecular flexibility index (Phi) is 4.49. The van der Waals surface area contributed by atoms with Crippen LogP contribution < -0.4 is 28.7 Å². The van der Waals surface area contributed by atoms with E-state index in [4.69, 9.17) is 18.9 Å². The smallest absolute Gasteiger partial charge is 0.189 e. The summed E-state index contributed by atoms with van der Waals surface area (Å²) in [6.45, 7) is 5.76. The molecule has 3 aliphatic rings. The molecule has 0 amide bonds. The van der Waals surface area contributed by atoms with Gasteiger partial charge in [-0.3, -0.25) is 0 Å². The fourth-order valence-corrected chi connectivity index (χ4v) is 5.17. The van der Waals surface area contributed by atoms with E-state index in [1.54, 1.807) is 14.2 Å². The maximum absolute atomic E-state index is 9.79. The first-order chi connectivity index (χ1) is 17.0. The summed E-state index contributed by atoms with van der Waals surface area (Å²) >= 11 is 0. The summed E-state index contributed by atoms with van der Waals surface area (Å²) in [5.41, 5.74) is 6.62. The summed E-state index contributed by atoms with van der Waals surface area (Å²) in [5, 5.41) is 19.6. The summed E-state index contributed by atoms with van der Waals surface area (Å²) < 4.78 is 23.5. The van der Waals surface area contributed by atoms with Crippen LogP contribution in [0.4, 0.5) is 11.4 Å². The molecule has 8 heteroatoms. The third kappa shape index (κ3) is 2.90. The van der Waals surface area contributed by atoms with E-state index >= 15 is 0 Å². The fourth-order valence-electron chi connectivity index (χ4n) is 5.17. The van der Waals surface area contributed by atoms with Crippen LogP contribution in [0, 0.1) is 36.5 Å². The van der Waals surface area contributed by atoms with Gasteiger partial charge >= 0.3 is 0 Å². The molecule has 0 spiro atoms. The molecule has 0 aliphatic carbocycles. The van der Waals surface area contributed by atoms with Crippen LogP contribution >= 0.6 is 0 Å². The highest BCUT2D eigenvalue weighted by Crippen LogP contribution is 2.53. The van der Waals surface area contributed by atoms with E-state index in [9.17, 15) is 10.5 Å². The number of rotatable bonds is 2. The fraction of sp³-hybridized carbons (Fsp3) is 0.259. The highest BCUT2D eigenvalue weighted by atomic mass is 16.6. The molecule has 3 aromatic carbocycles. The Hall–Kier alpha value is -4.56. The Balaban J connectivity index is 1.44. The van der Waals surface area contributed by atoms with E-state index in [1.165, 1.54) is 0 Å². The Morgan fingerprint density at radius 1 is 0.743 bits per heavy atom. The molecule has 0 saturated carbocycles. The molecule has 0 N–H and O–H groups in total. The monoisotopic (exact) mass is 466 g/mol. The van der Waals surface area contributed by atoms with Gasteiger partial charge < -0.3 is 28.7 Å². The molecule has 3 aromatic rings. The minimum Gasteiger partial charge on any atom is -0.493 e. The number of methoxy groups -OCH3 is 2. The predicted molar refractivity (Wildman–Crippen MR) is 129 cm³/mol. The third-order valence-corrected chi connectivity index (χ3v) is 7.10. The number of benzene rings is 3. The molecule has 0 radical (unpaired) electrons. The second-order valence-corrected chi connectivity index (χ2v) is 8.89. The molecular formula is C27H22N4O4. The molecule has 0 saturated heterocycles. The van der Waals surface area contributed by atoms with Crippen LogP contribution in [0.15, 0.2) is 24.3 Å². The van der Waals surface area contributed by atoms with Crippen LogP contribution in [0.3, 0.4) is 0 Å².